The van der Waals surface area contributed by atoms with Crippen molar-refractivity contribution >= 4 is 5.91 Å². The molecule has 0 atom stereocenters. The summed E-state index contributed by atoms with van der Waals surface area (Å²) in [6.45, 7) is 2.15. The van der Waals surface area contributed by atoms with Crippen LogP contribution in [0.15, 0.2) is 12.2 Å². The molecule has 0 saturated carbocycles. The first-order valence-electron chi connectivity index (χ1n) is 4.10. The van der Waals surface area contributed by atoms with Gasteiger partial charge in [-0.1, -0.05) is 6.08 Å². The van der Waals surface area contributed by atoms with E-state index in [0.29, 0.717) is 6.61 Å². The molecule has 1 aliphatic rings. The first kappa shape index (κ1) is 9.26. The van der Waals surface area contributed by atoms with Crippen LogP contribution in [0, 0.1) is 6.42 Å². The van der Waals surface area contributed by atoms with Gasteiger partial charge in [0, 0.05) is 26.3 Å². The van der Waals surface area contributed by atoms with Crippen LogP contribution in [0.2, 0.25) is 0 Å². The molecule has 67 valence electrons. The first-order chi connectivity index (χ1) is 5.84. The molecule has 1 rings (SSSR count). The predicted molar refractivity (Wildman–Crippen MR) is 46.5 cm³/mol. The summed E-state index contributed by atoms with van der Waals surface area (Å²) in [6.07, 6.45) is 6.44. The number of amides is 1. The Bertz CT molecular complexity index is 171. The van der Waals surface area contributed by atoms with E-state index in [0.717, 1.165) is 19.5 Å². The number of ether oxygens (including phenoxy) is 1. The lowest BCUT2D eigenvalue weighted by Gasteiger charge is -2.11. The van der Waals surface area contributed by atoms with E-state index in [2.05, 4.69) is 6.42 Å². The smallest absolute Gasteiger partial charge is 0.246 e. The van der Waals surface area contributed by atoms with Crippen LogP contribution in [-0.4, -0.2) is 37.6 Å². The van der Waals surface area contributed by atoms with Crippen LogP contribution in [0.3, 0.4) is 0 Å². The Balaban J connectivity index is 2.26. The molecule has 1 saturated heterocycles. The number of nitrogens with zero attached hydrogens (tertiary/aromatic N) is 1. The summed E-state index contributed by atoms with van der Waals surface area (Å²) >= 11 is 0. The average Bonchev–Trinajstić information content (AvgIpc) is 2.56. The lowest BCUT2D eigenvalue weighted by Crippen LogP contribution is -2.25. The summed E-state index contributed by atoms with van der Waals surface area (Å²) in [5.74, 6) is 0.0841. The Morgan fingerprint density at radius 1 is 1.75 bits per heavy atom. The van der Waals surface area contributed by atoms with Gasteiger partial charge in [0.2, 0.25) is 5.91 Å². The quantitative estimate of drug-likeness (QED) is 0.578. The van der Waals surface area contributed by atoms with Crippen molar-refractivity contribution in [3.05, 3.63) is 18.6 Å². The van der Waals surface area contributed by atoms with Crippen molar-refractivity contribution in [2.24, 2.45) is 0 Å². The van der Waals surface area contributed by atoms with Crippen molar-refractivity contribution in [3.8, 4) is 0 Å². The molecule has 0 aromatic carbocycles. The third-order valence-corrected chi connectivity index (χ3v) is 1.79. The fraction of sp³-hybridized carbons (Fsp3) is 0.556. The molecule has 0 unspecified atom stereocenters. The van der Waals surface area contributed by atoms with Crippen molar-refractivity contribution in [2.75, 3.05) is 26.8 Å². The minimum atomic E-state index is 0.0841. The summed E-state index contributed by atoms with van der Waals surface area (Å²) in [6, 6.07) is 0. The molecule has 3 nitrogen and oxygen atoms in total. The summed E-state index contributed by atoms with van der Waals surface area (Å²) in [5.41, 5.74) is 0. The van der Waals surface area contributed by atoms with Gasteiger partial charge in [0.25, 0.3) is 0 Å². The predicted octanol–water partition coefficient (Wildman–Crippen LogP) is 0.626. The SMILES string of the molecule is COCC=CC(=O)N1C[CH]CC1. The van der Waals surface area contributed by atoms with E-state index in [1.807, 2.05) is 4.90 Å². The van der Waals surface area contributed by atoms with Gasteiger partial charge in [-0.3, -0.25) is 4.79 Å². The molecule has 12 heavy (non-hydrogen) atoms. The molecule has 0 spiro atoms. The van der Waals surface area contributed by atoms with Gasteiger partial charge < -0.3 is 9.64 Å². The number of hydrogen-bond acceptors (Lipinski definition) is 2. The number of carbonyl (C=O) groups is 1. The molecule has 3 heteroatoms. The second-order valence-corrected chi connectivity index (χ2v) is 2.72. The van der Waals surface area contributed by atoms with Crippen molar-refractivity contribution in [1.29, 1.82) is 0 Å². The molecule has 0 N–H and O–H groups in total. The van der Waals surface area contributed by atoms with E-state index in [-0.39, 0.29) is 5.91 Å². The zero-order valence-corrected chi connectivity index (χ0v) is 7.32. The second-order valence-electron chi connectivity index (χ2n) is 2.72. The standard InChI is InChI=1S/C9H14NO2/c1-12-8-4-5-9(11)10-6-2-3-7-10/h2,4-5H,3,6-8H2,1H3. The Morgan fingerprint density at radius 2 is 2.58 bits per heavy atom. The van der Waals surface area contributed by atoms with Crippen molar-refractivity contribution in [1.82, 2.24) is 4.90 Å². The fourth-order valence-electron chi connectivity index (χ4n) is 1.14. The molecular weight excluding hydrogens is 154 g/mol. The van der Waals surface area contributed by atoms with Gasteiger partial charge in [-0.25, -0.2) is 0 Å². The maximum Gasteiger partial charge on any atom is 0.246 e. The Kier molecular flexibility index (Phi) is 3.80. The summed E-state index contributed by atoms with van der Waals surface area (Å²) in [5, 5.41) is 0. The normalized spacial score (nSPS) is 17.6. The molecular formula is C9H14NO2. The number of likely N-dealkylation sites (tertiary alicyclic amines) is 1. The Hall–Kier alpha value is -0.830. The van der Waals surface area contributed by atoms with Gasteiger partial charge in [-0.05, 0) is 12.8 Å². The van der Waals surface area contributed by atoms with Crippen LogP contribution in [0.1, 0.15) is 6.42 Å². The zero-order chi connectivity index (χ0) is 8.81. The molecule has 0 bridgehead atoms. The van der Waals surface area contributed by atoms with E-state index >= 15 is 0 Å². The summed E-state index contributed by atoms with van der Waals surface area (Å²) < 4.78 is 4.79. The van der Waals surface area contributed by atoms with Gasteiger partial charge >= 0.3 is 0 Å². The van der Waals surface area contributed by atoms with Crippen LogP contribution >= 0.6 is 0 Å². The van der Waals surface area contributed by atoms with Gasteiger partial charge in [0.05, 0.1) is 6.61 Å². The lowest BCUT2D eigenvalue weighted by molar-refractivity contribution is -0.124. The fourth-order valence-corrected chi connectivity index (χ4v) is 1.14. The summed E-state index contributed by atoms with van der Waals surface area (Å²) in [7, 11) is 1.61. The summed E-state index contributed by atoms with van der Waals surface area (Å²) in [4.78, 5) is 13.1. The van der Waals surface area contributed by atoms with E-state index in [4.69, 9.17) is 4.74 Å². The molecule has 1 fully saturated rings. The van der Waals surface area contributed by atoms with Crippen molar-refractivity contribution in [3.63, 3.8) is 0 Å². The van der Waals surface area contributed by atoms with Crippen LogP contribution in [0.5, 0.6) is 0 Å². The monoisotopic (exact) mass is 168 g/mol. The molecule has 0 aromatic heterocycles. The number of carbonyl (C=O) groups excluding carboxylic acids is 1. The maximum absolute atomic E-state index is 11.3. The molecule has 0 aliphatic carbocycles. The molecule has 0 aromatic rings. The maximum atomic E-state index is 11.3. The van der Waals surface area contributed by atoms with Crippen molar-refractivity contribution < 1.29 is 9.53 Å². The molecule has 1 radical (unpaired) electrons. The van der Waals surface area contributed by atoms with Crippen LogP contribution in [-0.2, 0) is 9.53 Å². The minimum absolute atomic E-state index is 0.0841. The van der Waals surface area contributed by atoms with Gasteiger partial charge in [0.15, 0.2) is 0 Å². The average molecular weight is 168 g/mol. The highest BCUT2D eigenvalue weighted by atomic mass is 16.5. The van der Waals surface area contributed by atoms with Crippen molar-refractivity contribution in [2.45, 2.75) is 6.42 Å². The van der Waals surface area contributed by atoms with E-state index < -0.39 is 0 Å². The van der Waals surface area contributed by atoms with Gasteiger partial charge in [0.1, 0.15) is 0 Å². The van der Waals surface area contributed by atoms with Gasteiger partial charge in [-0.15, -0.1) is 0 Å². The minimum Gasteiger partial charge on any atom is -0.381 e. The third-order valence-electron chi connectivity index (χ3n) is 1.79. The highest BCUT2D eigenvalue weighted by Gasteiger charge is 2.14. The second kappa shape index (κ2) is 4.93. The highest BCUT2D eigenvalue weighted by Crippen LogP contribution is 2.06. The number of rotatable bonds is 3. The van der Waals surface area contributed by atoms with Crippen LogP contribution in [0.4, 0.5) is 0 Å². The molecule has 1 aliphatic heterocycles. The first-order valence-corrected chi connectivity index (χ1v) is 4.10. The third kappa shape index (κ3) is 2.66. The highest BCUT2D eigenvalue weighted by molar-refractivity contribution is 5.87. The largest absolute Gasteiger partial charge is 0.381 e. The lowest BCUT2D eigenvalue weighted by atomic mass is 10.4. The van der Waals surface area contributed by atoms with E-state index in [1.165, 1.54) is 0 Å². The van der Waals surface area contributed by atoms with E-state index in [9.17, 15) is 4.79 Å². The Morgan fingerprint density at radius 3 is 3.17 bits per heavy atom. The van der Waals surface area contributed by atoms with Crippen LogP contribution in [0.25, 0.3) is 0 Å². The Labute approximate surface area is 73.0 Å². The number of hydrogen-bond donors (Lipinski definition) is 0. The van der Waals surface area contributed by atoms with Crippen LogP contribution < -0.4 is 0 Å². The number of methoxy groups -OCH3 is 1. The molecule has 1 heterocycles. The van der Waals surface area contributed by atoms with Gasteiger partial charge in [-0.2, -0.15) is 0 Å². The topological polar surface area (TPSA) is 29.5 Å². The van der Waals surface area contributed by atoms with E-state index in [1.54, 1.807) is 19.3 Å². The molecule has 1 amide bonds. The zero-order valence-electron chi connectivity index (χ0n) is 7.32.